The lowest BCUT2D eigenvalue weighted by atomic mass is 10.0. The van der Waals surface area contributed by atoms with Crippen LogP contribution in [0.3, 0.4) is 0 Å². The Morgan fingerprint density at radius 1 is 0.853 bits per heavy atom. The number of rotatable bonds is 6. The maximum Gasteiger partial charge on any atom is 0.573 e. The van der Waals surface area contributed by atoms with Gasteiger partial charge in [-0.05, 0) is 48.9 Å². The molecule has 0 saturated heterocycles. The molecule has 3 aromatic rings. The molecule has 2 amide bonds. The van der Waals surface area contributed by atoms with Gasteiger partial charge in [-0.25, -0.2) is 4.90 Å². The number of amides is 2. The molecule has 9 heteroatoms. The van der Waals surface area contributed by atoms with Crippen molar-refractivity contribution in [2.24, 2.45) is 0 Å². The van der Waals surface area contributed by atoms with Crippen LogP contribution in [-0.2, 0) is 9.59 Å². The van der Waals surface area contributed by atoms with E-state index in [1.807, 2.05) is 19.1 Å². The van der Waals surface area contributed by atoms with E-state index < -0.39 is 23.9 Å². The van der Waals surface area contributed by atoms with E-state index in [4.69, 9.17) is 4.74 Å². The monoisotopic (exact) mass is 468 g/mol. The molecule has 0 aromatic heterocycles. The number of hydrogen-bond acceptors (Lipinski definition) is 5. The van der Waals surface area contributed by atoms with Gasteiger partial charge in [0.1, 0.15) is 17.2 Å². The minimum absolute atomic E-state index is 0.00108. The number of anilines is 2. The molecule has 1 heterocycles. The SMILES string of the molecule is COc1cccc(N2C(=O)C(Nc3ccc(OC(F)(F)F)cc3)=C(c3ccc(C)cc3)C2=O)c1. The summed E-state index contributed by atoms with van der Waals surface area (Å²) in [6.45, 7) is 1.89. The summed E-state index contributed by atoms with van der Waals surface area (Å²) in [4.78, 5) is 27.9. The molecule has 0 unspecified atom stereocenters. The molecule has 34 heavy (non-hydrogen) atoms. The number of nitrogens with zero attached hydrogens (tertiary/aromatic N) is 1. The van der Waals surface area contributed by atoms with Gasteiger partial charge in [-0.15, -0.1) is 13.2 Å². The summed E-state index contributed by atoms with van der Waals surface area (Å²) in [6, 6.07) is 18.5. The predicted molar refractivity (Wildman–Crippen MR) is 120 cm³/mol. The van der Waals surface area contributed by atoms with Crippen molar-refractivity contribution in [2.75, 3.05) is 17.3 Å². The Balaban J connectivity index is 1.73. The van der Waals surface area contributed by atoms with Gasteiger partial charge in [-0.3, -0.25) is 9.59 Å². The first kappa shape index (κ1) is 22.9. The highest BCUT2D eigenvalue weighted by atomic mass is 19.4. The summed E-state index contributed by atoms with van der Waals surface area (Å²) >= 11 is 0. The third-order valence-corrected chi connectivity index (χ3v) is 5.09. The fourth-order valence-electron chi connectivity index (χ4n) is 3.50. The number of alkyl halides is 3. The Kier molecular flexibility index (Phi) is 6.02. The number of nitrogens with one attached hydrogen (secondary N) is 1. The lowest BCUT2D eigenvalue weighted by Crippen LogP contribution is -2.32. The Labute approximate surface area is 193 Å². The van der Waals surface area contributed by atoms with Crippen LogP contribution < -0.4 is 19.7 Å². The third-order valence-electron chi connectivity index (χ3n) is 5.09. The van der Waals surface area contributed by atoms with E-state index in [0.29, 0.717) is 22.7 Å². The third kappa shape index (κ3) is 4.73. The fraction of sp³-hybridized carbons (Fsp3) is 0.120. The summed E-state index contributed by atoms with van der Waals surface area (Å²) in [6.07, 6.45) is -4.82. The molecular weight excluding hydrogens is 449 g/mol. The van der Waals surface area contributed by atoms with Crippen LogP contribution in [0.2, 0.25) is 0 Å². The molecule has 1 aliphatic heterocycles. The maximum atomic E-state index is 13.4. The van der Waals surface area contributed by atoms with Crippen molar-refractivity contribution in [2.45, 2.75) is 13.3 Å². The predicted octanol–water partition coefficient (Wildman–Crippen LogP) is 5.30. The quantitative estimate of drug-likeness (QED) is 0.498. The highest BCUT2D eigenvalue weighted by Crippen LogP contribution is 2.35. The van der Waals surface area contributed by atoms with Crippen molar-refractivity contribution < 1.29 is 32.2 Å². The number of hydrogen-bond donors (Lipinski definition) is 1. The molecule has 0 atom stereocenters. The van der Waals surface area contributed by atoms with Gasteiger partial charge in [0.2, 0.25) is 0 Å². The van der Waals surface area contributed by atoms with Crippen molar-refractivity contribution in [1.82, 2.24) is 0 Å². The van der Waals surface area contributed by atoms with Crippen LogP contribution >= 0.6 is 0 Å². The normalized spacial score (nSPS) is 14.0. The van der Waals surface area contributed by atoms with Crippen molar-refractivity contribution in [3.8, 4) is 11.5 Å². The van der Waals surface area contributed by atoms with Gasteiger partial charge in [0.05, 0.1) is 18.4 Å². The first-order valence-electron chi connectivity index (χ1n) is 10.1. The molecule has 0 bridgehead atoms. The number of methoxy groups -OCH3 is 1. The number of halogens is 3. The summed E-state index contributed by atoms with van der Waals surface area (Å²) in [7, 11) is 1.47. The topological polar surface area (TPSA) is 67.9 Å². The van der Waals surface area contributed by atoms with Crippen LogP contribution in [-0.4, -0.2) is 25.3 Å². The fourth-order valence-corrected chi connectivity index (χ4v) is 3.50. The van der Waals surface area contributed by atoms with Gasteiger partial charge in [0.15, 0.2) is 0 Å². The van der Waals surface area contributed by atoms with Crippen molar-refractivity contribution >= 4 is 28.8 Å². The summed E-state index contributed by atoms with van der Waals surface area (Å²) in [5.74, 6) is -1.08. The smallest absolute Gasteiger partial charge is 0.497 e. The zero-order valence-corrected chi connectivity index (χ0v) is 18.1. The number of imide groups is 1. The van der Waals surface area contributed by atoms with Gasteiger partial charge in [-0.1, -0.05) is 35.9 Å². The second-order valence-electron chi connectivity index (χ2n) is 7.46. The van der Waals surface area contributed by atoms with Crippen LogP contribution in [0.15, 0.2) is 78.5 Å². The summed E-state index contributed by atoms with van der Waals surface area (Å²) < 4.78 is 46.4. The van der Waals surface area contributed by atoms with Crippen molar-refractivity contribution in [3.63, 3.8) is 0 Å². The van der Waals surface area contributed by atoms with Crippen LogP contribution in [0, 0.1) is 6.92 Å². The number of benzene rings is 3. The van der Waals surface area contributed by atoms with Gasteiger partial charge in [0.25, 0.3) is 11.8 Å². The Morgan fingerprint density at radius 3 is 2.15 bits per heavy atom. The van der Waals surface area contributed by atoms with Crippen LogP contribution in [0.1, 0.15) is 11.1 Å². The van der Waals surface area contributed by atoms with Gasteiger partial charge in [0, 0.05) is 11.8 Å². The second kappa shape index (κ2) is 8.93. The molecule has 1 N–H and O–H groups in total. The van der Waals surface area contributed by atoms with E-state index in [2.05, 4.69) is 10.1 Å². The summed E-state index contributed by atoms with van der Waals surface area (Å²) in [5.41, 5.74) is 2.27. The van der Waals surface area contributed by atoms with Gasteiger partial charge >= 0.3 is 6.36 Å². The molecule has 0 saturated carbocycles. The molecule has 174 valence electrons. The lowest BCUT2D eigenvalue weighted by Gasteiger charge is -2.16. The largest absolute Gasteiger partial charge is 0.573 e. The lowest BCUT2D eigenvalue weighted by molar-refractivity contribution is -0.274. The molecule has 4 rings (SSSR count). The van der Waals surface area contributed by atoms with Crippen LogP contribution in [0.25, 0.3) is 5.57 Å². The van der Waals surface area contributed by atoms with Crippen molar-refractivity contribution in [3.05, 3.63) is 89.6 Å². The van der Waals surface area contributed by atoms with E-state index in [1.165, 1.54) is 19.2 Å². The van der Waals surface area contributed by atoms with E-state index in [0.717, 1.165) is 22.6 Å². The molecule has 0 fully saturated rings. The van der Waals surface area contributed by atoms with E-state index in [1.54, 1.807) is 36.4 Å². The molecule has 1 aliphatic rings. The second-order valence-corrected chi connectivity index (χ2v) is 7.46. The van der Waals surface area contributed by atoms with E-state index in [9.17, 15) is 22.8 Å². The van der Waals surface area contributed by atoms with E-state index >= 15 is 0 Å². The van der Waals surface area contributed by atoms with Gasteiger partial charge < -0.3 is 14.8 Å². The van der Waals surface area contributed by atoms with E-state index in [-0.39, 0.29) is 11.3 Å². The Hall–Kier alpha value is -4.27. The number of carbonyl (C=O) groups excluding carboxylic acids is 2. The van der Waals surface area contributed by atoms with Gasteiger partial charge in [-0.2, -0.15) is 0 Å². The van der Waals surface area contributed by atoms with Crippen LogP contribution in [0.5, 0.6) is 11.5 Å². The van der Waals surface area contributed by atoms with Crippen molar-refractivity contribution in [1.29, 1.82) is 0 Å². The molecule has 0 aliphatic carbocycles. The molecule has 6 nitrogen and oxygen atoms in total. The standard InChI is InChI=1S/C25H19F3N2O4/c1-15-6-8-16(9-7-15)21-22(29-17-10-12-19(13-11-17)34-25(26,27)28)24(32)30(23(21)31)18-4-3-5-20(14-18)33-2/h3-14,29H,1-2H3. The number of aryl methyl sites for hydroxylation is 1. The average molecular weight is 468 g/mol. The molecule has 3 aromatic carbocycles. The molecule has 0 spiro atoms. The molecular formula is C25H19F3N2O4. The first-order valence-corrected chi connectivity index (χ1v) is 10.1. The zero-order valence-electron chi connectivity index (χ0n) is 18.1. The number of ether oxygens (including phenoxy) is 2. The minimum Gasteiger partial charge on any atom is -0.497 e. The maximum absolute atomic E-state index is 13.4. The minimum atomic E-state index is -4.82. The number of carbonyl (C=O) groups is 2. The molecule has 0 radical (unpaired) electrons. The van der Waals surface area contributed by atoms with Crippen LogP contribution in [0.4, 0.5) is 24.5 Å². The Bertz CT molecular complexity index is 1270. The highest BCUT2D eigenvalue weighted by Gasteiger charge is 2.40. The average Bonchev–Trinajstić information content (AvgIpc) is 3.04. The Morgan fingerprint density at radius 2 is 1.53 bits per heavy atom. The first-order chi connectivity index (χ1) is 16.2. The highest BCUT2D eigenvalue weighted by molar-refractivity contribution is 6.46. The summed E-state index contributed by atoms with van der Waals surface area (Å²) in [5, 5.41) is 2.90. The zero-order chi connectivity index (χ0) is 24.5.